The Labute approximate surface area is 215 Å². The molecule has 0 aliphatic heterocycles. The molecule has 0 unspecified atom stereocenters. The highest BCUT2D eigenvalue weighted by molar-refractivity contribution is 7.16. The molecule has 0 N–H and O–H groups in total. The summed E-state index contributed by atoms with van der Waals surface area (Å²) in [7, 11) is 1.71. The van der Waals surface area contributed by atoms with Crippen molar-refractivity contribution in [2.45, 2.75) is 72.8 Å². The Bertz CT molecular complexity index is 1340. The second-order valence-electron chi connectivity index (χ2n) is 11.7. The minimum Gasteiger partial charge on any atom is -0.382 e. The molecule has 35 heavy (non-hydrogen) atoms. The summed E-state index contributed by atoms with van der Waals surface area (Å²) in [5.74, 6) is 0. The number of methoxy groups -OCH3 is 1. The normalized spacial score (nSPS) is 12.8. The van der Waals surface area contributed by atoms with Crippen molar-refractivity contribution in [2.24, 2.45) is 0 Å². The van der Waals surface area contributed by atoms with Crippen molar-refractivity contribution in [2.75, 3.05) is 26.9 Å². The summed E-state index contributed by atoms with van der Waals surface area (Å²) in [6, 6.07) is 14.0. The van der Waals surface area contributed by atoms with Gasteiger partial charge in [-0.3, -0.25) is 0 Å². The third kappa shape index (κ3) is 5.07. The van der Waals surface area contributed by atoms with Crippen LogP contribution in [-0.2, 0) is 26.8 Å². The zero-order valence-electron chi connectivity index (χ0n) is 23.0. The topological polar surface area (TPSA) is 23.4 Å². The Kier molecular flexibility index (Phi) is 7.21. The van der Waals surface area contributed by atoms with Crippen molar-refractivity contribution >= 4 is 33.1 Å². The Morgan fingerprint density at radius 3 is 2.03 bits per heavy atom. The largest absolute Gasteiger partial charge is 0.382 e. The van der Waals surface area contributed by atoms with Gasteiger partial charge in [0.2, 0.25) is 0 Å². The maximum atomic E-state index is 5.84. The Balaban J connectivity index is 1.87. The molecule has 0 atom stereocenters. The van der Waals surface area contributed by atoms with E-state index in [0.29, 0.717) is 19.8 Å². The number of fused-ring (bicyclic) bond motifs is 3. The maximum absolute atomic E-state index is 5.84. The first-order valence-electron chi connectivity index (χ1n) is 12.7. The zero-order valence-corrected chi connectivity index (χ0v) is 23.8. The highest BCUT2D eigenvalue weighted by Crippen LogP contribution is 2.43. The van der Waals surface area contributed by atoms with Gasteiger partial charge in [0.25, 0.3) is 0 Å². The molecule has 4 heteroatoms. The van der Waals surface area contributed by atoms with Crippen molar-refractivity contribution in [3.05, 3.63) is 58.0 Å². The van der Waals surface area contributed by atoms with Crippen LogP contribution in [0, 0.1) is 13.8 Å². The van der Waals surface area contributed by atoms with Crippen LogP contribution in [0.3, 0.4) is 0 Å². The van der Waals surface area contributed by atoms with Crippen molar-refractivity contribution < 1.29 is 9.47 Å². The van der Waals surface area contributed by atoms with Gasteiger partial charge in [-0.05, 0) is 71.2 Å². The van der Waals surface area contributed by atoms with Gasteiger partial charge in [0.05, 0.1) is 19.8 Å². The van der Waals surface area contributed by atoms with E-state index in [2.05, 4.69) is 96.4 Å². The molecule has 0 spiro atoms. The van der Waals surface area contributed by atoms with Crippen LogP contribution in [0.15, 0.2) is 36.4 Å². The van der Waals surface area contributed by atoms with E-state index >= 15 is 0 Å². The van der Waals surface area contributed by atoms with Gasteiger partial charge >= 0.3 is 0 Å². The molecule has 0 bridgehead atoms. The minimum absolute atomic E-state index is 0.104. The third-order valence-corrected chi connectivity index (χ3v) is 8.88. The highest BCUT2D eigenvalue weighted by Gasteiger charge is 2.24. The van der Waals surface area contributed by atoms with Gasteiger partial charge < -0.3 is 14.0 Å². The monoisotopic (exact) mass is 491 g/mol. The summed E-state index contributed by atoms with van der Waals surface area (Å²) < 4.78 is 13.4. The van der Waals surface area contributed by atoms with Crippen LogP contribution in [0.4, 0.5) is 0 Å². The molecular formula is C31H41NO2S. The van der Waals surface area contributed by atoms with Crippen molar-refractivity contribution in [3.8, 4) is 10.4 Å². The fourth-order valence-electron chi connectivity index (χ4n) is 4.94. The van der Waals surface area contributed by atoms with E-state index in [9.17, 15) is 0 Å². The van der Waals surface area contributed by atoms with Crippen LogP contribution >= 0.6 is 11.3 Å². The molecule has 0 fully saturated rings. The molecule has 0 aliphatic carbocycles. The quantitative estimate of drug-likeness (QED) is 0.242. The summed E-state index contributed by atoms with van der Waals surface area (Å²) >= 11 is 1.96. The van der Waals surface area contributed by atoms with Gasteiger partial charge in [-0.15, -0.1) is 11.3 Å². The van der Waals surface area contributed by atoms with E-state index in [-0.39, 0.29) is 10.8 Å². The molecule has 0 radical (unpaired) electrons. The van der Waals surface area contributed by atoms with E-state index in [1.807, 2.05) is 11.3 Å². The first-order valence-corrected chi connectivity index (χ1v) is 13.5. The number of ether oxygens (including phenoxy) is 2. The van der Waals surface area contributed by atoms with Gasteiger partial charge in [-0.2, -0.15) is 0 Å². The molecule has 188 valence electrons. The summed E-state index contributed by atoms with van der Waals surface area (Å²) in [5.41, 5.74) is 8.32. The first kappa shape index (κ1) is 25.9. The minimum atomic E-state index is 0.104. The van der Waals surface area contributed by atoms with Crippen molar-refractivity contribution in [3.63, 3.8) is 0 Å². The molecule has 0 saturated heterocycles. The lowest BCUT2D eigenvalue weighted by Gasteiger charge is -2.19. The molecule has 2 heterocycles. The summed E-state index contributed by atoms with van der Waals surface area (Å²) in [6.07, 6.45) is 0. The molecule has 0 amide bonds. The lowest BCUT2D eigenvalue weighted by atomic mass is 9.86. The highest BCUT2D eigenvalue weighted by atomic mass is 32.1. The molecule has 4 aromatic rings. The van der Waals surface area contributed by atoms with Crippen LogP contribution in [0.25, 0.3) is 32.2 Å². The van der Waals surface area contributed by atoms with E-state index in [4.69, 9.17) is 9.47 Å². The van der Waals surface area contributed by atoms with Crippen molar-refractivity contribution in [1.82, 2.24) is 4.57 Å². The Hall–Kier alpha value is -2.14. The second kappa shape index (κ2) is 9.72. The predicted octanol–water partition coefficient (Wildman–Crippen LogP) is 8.40. The van der Waals surface area contributed by atoms with E-state index < -0.39 is 0 Å². The zero-order chi connectivity index (χ0) is 25.5. The van der Waals surface area contributed by atoms with Crippen LogP contribution < -0.4 is 0 Å². The van der Waals surface area contributed by atoms with Gasteiger partial charge in [0.1, 0.15) is 0 Å². The average molecular weight is 492 g/mol. The van der Waals surface area contributed by atoms with Gasteiger partial charge in [0, 0.05) is 45.2 Å². The van der Waals surface area contributed by atoms with Crippen LogP contribution in [-0.4, -0.2) is 31.5 Å². The molecule has 2 aromatic heterocycles. The Morgan fingerprint density at radius 1 is 0.771 bits per heavy atom. The van der Waals surface area contributed by atoms with E-state index in [0.717, 1.165) is 6.54 Å². The lowest BCUT2D eigenvalue weighted by molar-refractivity contribution is 0.0673. The first-order chi connectivity index (χ1) is 16.4. The fraction of sp³-hybridized carbons (Fsp3) is 0.484. The van der Waals surface area contributed by atoms with Crippen molar-refractivity contribution in [1.29, 1.82) is 0 Å². The fourth-order valence-corrected chi connectivity index (χ4v) is 6.31. The number of hydrogen-bond acceptors (Lipinski definition) is 3. The van der Waals surface area contributed by atoms with Gasteiger partial charge in [0.15, 0.2) is 0 Å². The molecule has 2 aromatic carbocycles. The Morgan fingerprint density at radius 2 is 1.43 bits per heavy atom. The van der Waals surface area contributed by atoms with E-state index in [1.54, 1.807) is 7.11 Å². The van der Waals surface area contributed by atoms with Gasteiger partial charge in [-0.1, -0.05) is 53.7 Å². The predicted molar refractivity (Wildman–Crippen MR) is 152 cm³/mol. The molecular weight excluding hydrogens is 450 g/mol. The smallest absolute Gasteiger partial charge is 0.0701 e. The second-order valence-corrected chi connectivity index (χ2v) is 12.8. The SMILES string of the molecule is COCCOCCn1c2ccc(-c3sc(C(C)(C)C)c(C)c3C)cc2c2cc(C(C)(C)C)ccc21. The molecule has 3 nitrogen and oxygen atoms in total. The summed E-state index contributed by atoms with van der Waals surface area (Å²) in [5, 5.41) is 2.65. The number of rotatable bonds is 7. The van der Waals surface area contributed by atoms with Crippen LogP contribution in [0.1, 0.15) is 63.1 Å². The number of nitrogens with zero attached hydrogens (tertiary/aromatic N) is 1. The standard InChI is InChI=1S/C31H41NO2S/c1-20-21(2)29(31(6,7)8)35-28(20)22-10-12-26-24(18-22)25-19-23(30(3,4)5)11-13-27(25)32(26)14-15-34-17-16-33-9/h10-13,18-19H,14-17H2,1-9H3. The van der Waals surface area contributed by atoms with Crippen LogP contribution in [0.5, 0.6) is 0 Å². The number of aromatic nitrogens is 1. The lowest BCUT2D eigenvalue weighted by Crippen LogP contribution is -2.11. The average Bonchev–Trinajstić information content (AvgIpc) is 3.26. The van der Waals surface area contributed by atoms with E-state index in [1.165, 1.54) is 53.8 Å². The third-order valence-electron chi connectivity index (χ3n) is 7.01. The summed E-state index contributed by atoms with van der Waals surface area (Å²) in [6.45, 7) is 21.1. The van der Waals surface area contributed by atoms with Crippen LogP contribution in [0.2, 0.25) is 0 Å². The maximum Gasteiger partial charge on any atom is 0.0701 e. The molecule has 0 aliphatic rings. The summed E-state index contributed by atoms with van der Waals surface area (Å²) in [4.78, 5) is 2.88. The number of thiophene rings is 1. The number of hydrogen-bond donors (Lipinski definition) is 0. The van der Waals surface area contributed by atoms with Gasteiger partial charge in [-0.25, -0.2) is 0 Å². The molecule has 4 rings (SSSR count). The number of benzene rings is 2. The molecule has 0 saturated carbocycles.